The minimum atomic E-state index is -0.977. The van der Waals surface area contributed by atoms with Crippen LogP contribution in [0.15, 0.2) is 24.3 Å². The van der Waals surface area contributed by atoms with Crippen molar-refractivity contribution in [2.24, 2.45) is 0 Å². The van der Waals surface area contributed by atoms with Crippen LogP contribution in [0.4, 0.5) is 0 Å². The number of hydrogen-bond acceptors (Lipinski definition) is 4. The number of aliphatic hydroxyl groups excluding tert-OH is 1. The Kier molecular flexibility index (Phi) is 4.85. The van der Waals surface area contributed by atoms with E-state index < -0.39 is 11.5 Å². The Morgan fingerprint density at radius 2 is 2.24 bits per heavy atom. The molecular formula is C16H23NO4. The zero-order valence-electron chi connectivity index (χ0n) is 12.5. The molecule has 0 aromatic heterocycles. The normalized spacial score (nSPS) is 18.8. The highest BCUT2D eigenvalue weighted by Gasteiger charge is 2.39. The number of carbonyl (C=O) groups is 1. The molecule has 5 heteroatoms. The first kappa shape index (κ1) is 15.8. The van der Waals surface area contributed by atoms with E-state index in [1.807, 2.05) is 25.1 Å². The number of carboxylic acids is 1. The van der Waals surface area contributed by atoms with E-state index in [9.17, 15) is 9.90 Å². The van der Waals surface area contributed by atoms with Gasteiger partial charge in [-0.15, -0.1) is 0 Å². The maximum absolute atomic E-state index is 11.5. The first-order valence-electron chi connectivity index (χ1n) is 7.30. The Balaban J connectivity index is 1.97. The summed E-state index contributed by atoms with van der Waals surface area (Å²) in [7, 11) is 0. The predicted octanol–water partition coefficient (Wildman–Crippen LogP) is 1.93. The summed E-state index contributed by atoms with van der Waals surface area (Å²) in [4.78, 5) is 11.5. The van der Waals surface area contributed by atoms with E-state index in [1.54, 1.807) is 13.0 Å². The Labute approximate surface area is 124 Å². The van der Waals surface area contributed by atoms with Crippen molar-refractivity contribution in [2.75, 3.05) is 0 Å². The van der Waals surface area contributed by atoms with Crippen molar-refractivity contribution in [3.05, 3.63) is 29.8 Å². The molecule has 1 aliphatic rings. The molecule has 0 radical (unpaired) electrons. The molecule has 0 saturated heterocycles. The summed E-state index contributed by atoms with van der Waals surface area (Å²) in [5.74, 6) is -0.206. The van der Waals surface area contributed by atoms with E-state index in [-0.39, 0.29) is 12.7 Å². The number of carboxylic acid groups (broad SMARTS) is 1. The fourth-order valence-electron chi connectivity index (χ4n) is 2.45. The van der Waals surface area contributed by atoms with Gasteiger partial charge in [0.1, 0.15) is 11.3 Å². The Morgan fingerprint density at radius 3 is 2.81 bits per heavy atom. The highest BCUT2D eigenvalue weighted by molar-refractivity contribution is 5.78. The number of benzene rings is 1. The molecule has 5 nitrogen and oxygen atoms in total. The van der Waals surface area contributed by atoms with Gasteiger partial charge in [-0.25, -0.2) is 0 Å². The smallest absolute Gasteiger partial charge is 0.323 e. The minimum Gasteiger partial charge on any atom is -0.491 e. The van der Waals surface area contributed by atoms with Gasteiger partial charge in [-0.05, 0) is 44.4 Å². The molecule has 2 atom stereocenters. The van der Waals surface area contributed by atoms with Crippen LogP contribution in [0.3, 0.4) is 0 Å². The molecule has 3 N–H and O–H groups in total. The summed E-state index contributed by atoms with van der Waals surface area (Å²) in [5.41, 5.74) is -0.202. The average molecular weight is 293 g/mol. The molecule has 0 amide bonds. The van der Waals surface area contributed by atoms with Gasteiger partial charge >= 0.3 is 5.97 Å². The number of hydrogen-bond donors (Lipinski definition) is 3. The van der Waals surface area contributed by atoms with Crippen LogP contribution in [-0.4, -0.2) is 33.9 Å². The van der Waals surface area contributed by atoms with E-state index in [0.29, 0.717) is 18.2 Å². The maximum Gasteiger partial charge on any atom is 0.323 e. The van der Waals surface area contributed by atoms with Gasteiger partial charge in [-0.3, -0.25) is 10.1 Å². The van der Waals surface area contributed by atoms with Crippen molar-refractivity contribution in [1.82, 2.24) is 5.32 Å². The van der Waals surface area contributed by atoms with Crippen LogP contribution in [0.2, 0.25) is 0 Å². The van der Waals surface area contributed by atoms with E-state index in [2.05, 4.69) is 5.32 Å². The molecule has 1 aromatic carbocycles. The Hall–Kier alpha value is -1.59. The molecular weight excluding hydrogens is 270 g/mol. The molecule has 0 heterocycles. The lowest BCUT2D eigenvalue weighted by atomic mass is 9.94. The molecule has 2 rings (SSSR count). The second-order valence-corrected chi connectivity index (χ2v) is 5.99. The lowest BCUT2D eigenvalue weighted by Crippen LogP contribution is -2.52. The van der Waals surface area contributed by atoms with Crippen molar-refractivity contribution in [1.29, 1.82) is 0 Å². The van der Waals surface area contributed by atoms with E-state index in [0.717, 1.165) is 18.4 Å². The van der Waals surface area contributed by atoms with Gasteiger partial charge in [0.05, 0.1) is 12.7 Å². The van der Waals surface area contributed by atoms with Gasteiger partial charge in [0.15, 0.2) is 0 Å². The van der Waals surface area contributed by atoms with Gasteiger partial charge in [0, 0.05) is 12.5 Å². The zero-order chi connectivity index (χ0) is 15.5. The zero-order valence-corrected chi connectivity index (χ0v) is 12.5. The summed E-state index contributed by atoms with van der Waals surface area (Å²) in [5, 5.41) is 21.8. The third-order valence-electron chi connectivity index (χ3n) is 3.69. The molecule has 1 fully saturated rings. The second-order valence-electron chi connectivity index (χ2n) is 5.99. The average Bonchev–Trinajstić information content (AvgIpc) is 3.22. The summed E-state index contributed by atoms with van der Waals surface area (Å²) in [6.07, 6.45) is 2.21. The standard InChI is InChI=1S/C16H23NO4/c1-11(21-14-5-3-4-12(8-14)10-18)9-16(2,15(19)20)17-13-6-7-13/h3-5,8,11,13,17-18H,6-7,9-10H2,1-2H3,(H,19,20). The van der Waals surface area contributed by atoms with E-state index >= 15 is 0 Å². The fourth-order valence-corrected chi connectivity index (χ4v) is 2.45. The van der Waals surface area contributed by atoms with Crippen LogP contribution in [0.25, 0.3) is 0 Å². The van der Waals surface area contributed by atoms with Crippen molar-refractivity contribution < 1.29 is 19.7 Å². The number of aliphatic carboxylic acids is 1. The molecule has 116 valence electrons. The number of nitrogens with one attached hydrogen (secondary N) is 1. The second kappa shape index (κ2) is 6.45. The Morgan fingerprint density at radius 1 is 1.52 bits per heavy atom. The van der Waals surface area contributed by atoms with Crippen LogP contribution in [0, 0.1) is 0 Å². The number of aliphatic hydroxyl groups is 1. The maximum atomic E-state index is 11.5. The topological polar surface area (TPSA) is 78.8 Å². The predicted molar refractivity (Wildman–Crippen MR) is 79.3 cm³/mol. The quantitative estimate of drug-likeness (QED) is 0.682. The minimum absolute atomic E-state index is 0.0400. The van der Waals surface area contributed by atoms with Gasteiger partial charge in [0.2, 0.25) is 0 Å². The van der Waals surface area contributed by atoms with Gasteiger partial charge in [0.25, 0.3) is 0 Å². The van der Waals surface area contributed by atoms with Crippen LogP contribution in [0.1, 0.15) is 38.7 Å². The van der Waals surface area contributed by atoms with Crippen molar-refractivity contribution >= 4 is 5.97 Å². The first-order chi connectivity index (χ1) is 9.93. The van der Waals surface area contributed by atoms with Crippen molar-refractivity contribution in [2.45, 2.75) is 57.4 Å². The lowest BCUT2D eigenvalue weighted by Gasteiger charge is -2.29. The third kappa shape index (κ3) is 4.44. The number of ether oxygens (including phenoxy) is 1. The summed E-state index contributed by atoms with van der Waals surface area (Å²) in [6, 6.07) is 7.52. The van der Waals surface area contributed by atoms with Gasteiger partial charge < -0.3 is 14.9 Å². The fraction of sp³-hybridized carbons (Fsp3) is 0.562. The molecule has 1 saturated carbocycles. The van der Waals surface area contributed by atoms with E-state index in [4.69, 9.17) is 9.84 Å². The van der Waals surface area contributed by atoms with Crippen LogP contribution >= 0.6 is 0 Å². The highest BCUT2D eigenvalue weighted by atomic mass is 16.5. The molecule has 0 aliphatic heterocycles. The van der Waals surface area contributed by atoms with Crippen molar-refractivity contribution in [3.63, 3.8) is 0 Å². The molecule has 1 aliphatic carbocycles. The molecule has 2 unspecified atom stereocenters. The van der Waals surface area contributed by atoms with Crippen molar-refractivity contribution in [3.8, 4) is 5.75 Å². The largest absolute Gasteiger partial charge is 0.491 e. The number of rotatable bonds is 8. The van der Waals surface area contributed by atoms with Crippen LogP contribution in [-0.2, 0) is 11.4 Å². The molecule has 0 spiro atoms. The Bertz CT molecular complexity index is 501. The lowest BCUT2D eigenvalue weighted by molar-refractivity contribution is -0.145. The van der Waals surface area contributed by atoms with E-state index in [1.165, 1.54) is 0 Å². The molecule has 1 aromatic rings. The summed E-state index contributed by atoms with van der Waals surface area (Å²) >= 11 is 0. The molecule has 0 bridgehead atoms. The monoisotopic (exact) mass is 293 g/mol. The third-order valence-corrected chi connectivity index (χ3v) is 3.69. The van der Waals surface area contributed by atoms with Crippen LogP contribution < -0.4 is 10.1 Å². The first-order valence-corrected chi connectivity index (χ1v) is 7.30. The molecule has 21 heavy (non-hydrogen) atoms. The summed E-state index contributed by atoms with van der Waals surface area (Å²) in [6.45, 7) is 3.53. The van der Waals surface area contributed by atoms with Crippen LogP contribution in [0.5, 0.6) is 5.75 Å². The SMILES string of the molecule is CC(CC(C)(NC1CC1)C(=O)O)Oc1cccc(CO)c1. The van der Waals surface area contributed by atoms with Gasteiger partial charge in [-0.2, -0.15) is 0 Å². The summed E-state index contributed by atoms with van der Waals surface area (Å²) < 4.78 is 5.79. The van der Waals surface area contributed by atoms with Gasteiger partial charge in [-0.1, -0.05) is 12.1 Å². The highest BCUT2D eigenvalue weighted by Crippen LogP contribution is 2.26.